The van der Waals surface area contributed by atoms with Gasteiger partial charge in [-0.1, -0.05) is 18.7 Å². The molecule has 0 saturated heterocycles. The third-order valence-electron chi connectivity index (χ3n) is 2.28. The molecular weight excluding hydrogens is 192 g/mol. The maximum absolute atomic E-state index is 11.4. The number of aromatic nitrogens is 2. The zero-order valence-corrected chi connectivity index (χ0v) is 8.03. The van der Waals surface area contributed by atoms with Gasteiger partial charge in [-0.15, -0.1) is 0 Å². The molecule has 0 amide bonds. The van der Waals surface area contributed by atoms with E-state index in [0.29, 0.717) is 16.5 Å². The fourth-order valence-electron chi connectivity index (χ4n) is 1.48. The van der Waals surface area contributed by atoms with Crippen molar-refractivity contribution in [2.75, 3.05) is 0 Å². The smallest absolute Gasteiger partial charge is 0.272 e. The Morgan fingerprint density at radius 2 is 2.27 bits per heavy atom. The fraction of sp³-hybridized carbons (Fsp3) is 0.0909. The average Bonchev–Trinajstić information content (AvgIpc) is 2.29. The van der Waals surface area contributed by atoms with Crippen LogP contribution >= 0.6 is 0 Å². The van der Waals surface area contributed by atoms with Gasteiger partial charge in [-0.25, -0.2) is 5.10 Å². The molecule has 0 aliphatic carbocycles. The molecule has 0 atom stereocenters. The van der Waals surface area contributed by atoms with E-state index in [4.69, 9.17) is 5.11 Å². The third kappa shape index (κ3) is 1.55. The monoisotopic (exact) mass is 202 g/mol. The molecule has 0 unspecified atom stereocenters. The summed E-state index contributed by atoms with van der Waals surface area (Å²) in [6.07, 6.45) is 1.68. The number of H-pyrrole nitrogens is 1. The summed E-state index contributed by atoms with van der Waals surface area (Å²) in [5.74, 6) is 0. The summed E-state index contributed by atoms with van der Waals surface area (Å²) in [4.78, 5) is 11.4. The standard InChI is InChI=1S/C11H10N2O2/c1-2-7-3-4-8-9(5-7)10(6-14)12-13-11(8)15/h2-5,14H,1,6H2,(H,13,15). The first-order valence-corrected chi connectivity index (χ1v) is 4.51. The lowest BCUT2D eigenvalue weighted by molar-refractivity contribution is 0.277. The highest BCUT2D eigenvalue weighted by atomic mass is 16.3. The molecule has 0 fully saturated rings. The van der Waals surface area contributed by atoms with Crippen LogP contribution in [-0.2, 0) is 6.61 Å². The Labute approximate surface area is 85.9 Å². The molecule has 76 valence electrons. The summed E-state index contributed by atoms with van der Waals surface area (Å²) in [5, 5.41) is 16.4. The van der Waals surface area contributed by atoms with Gasteiger partial charge in [0.25, 0.3) is 5.56 Å². The van der Waals surface area contributed by atoms with Crippen molar-refractivity contribution in [2.24, 2.45) is 0 Å². The van der Waals surface area contributed by atoms with Crippen LogP contribution in [0.25, 0.3) is 16.8 Å². The maximum atomic E-state index is 11.4. The quantitative estimate of drug-likeness (QED) is 0.765. The van der Waals surface area contributed by atoms with Crippen LogP contribution in [-0.4, -0.2) is 15.3 Å². The summed E-state index contributed by atoms with van der Waals surface area (Å²) in [5.41, 5.74) is 1.11. The van der Waals surface area contributed by atoms with Gasteiger partial charge in [0.15, 0.2) is 0 Å². The SMILES string of the molecule is C=Cc1ccc2c(=O)[nH]nc(CO)c2c1. The number of nitrogens with one attached hydrogen (secondary N) is 1. The van der Waals surface area contributed by atoms with Crippen LogP contribution in [0.4, 0.5) is 0 Å². The van der Waals surface area contributed by atoms with E-state index in [0.717, 1.165) is 5.56 Å². The zero-order chi connectivity index (χ0) is 10.8. The number of rotatable bonds is 2. The number of aromatic amines is 1. The number of hydrogen-bond donors (Lipinski definition) is 2. The van der Waals surface area contributed by atoms with E-state index in [1.807, 2.05) is 0 Å². The topological polar surface area (TPSA) is 66.0 Å². The van der Waals surface area contributed by atoms with Crippen LogP contribution in [0.1, 0.15) is 11.3 Å². The minimum absolute atomic E-state index is 0.201. The van der Waals surface area contributed by atoms with Crippen LogP contribution in [0.3, 0.4) is 0 Å². The summed E-state index contributed by atoms with van der Waals surface area (Å²) < 4.78 is 0. The molecule has 15 heavy (non-hydrogen) atoms. The van der Waals surface area contributed by atoms with Gasteiger partial charge in [-0.3, -0.25) is 4.79 Å². The first kappa shape index (κ1) is 9.61. The Bertz CT molecular complexity index is 572. The van der Waals surface area contributed by atoms with Gasteiger partial charge in [-0.2, -0.15) is 5.10 Å². The lowest BCUT2D eigenvalue weighted by Crippen LogP contribution is -2.11. The van der Waals surface area contributed by atoms with Gasteiger partial charge in [0.2, 0.25) is 0 Å². The molecule has 0 bridgehead atoms. The highest BCUT2D eigenvalue weighted by molar-refractivity contribution is 5.85. The van der Waals surface area contributed by atoms with Crippen LogP contribution < -0.4 is 5.56 Å². The Hall–Kier alpha value is -1.94. The lowest BCUT2D eigenvalue weighted by atomic mass is 10.1. The second-order valence-corrected chi connectivity index (χ2v) is 3.17. The Kier molecular flexibility index (Phi) is 2.35. The summed E-state index contributed by atoms with van der Waals surface area (Å²) >= 11 is 0. The molecular formula is C11H10N2O2. The maximum Gasteiger partial charge on any atom is 0.272 e. The van der Waals surface area contributed by atoms with Crippen molar-refractivity contribution in [3.05, 3.63) is 46.4 Å². The zero-order valence-electron chi connectivity index (χ0n) is 8.03. The molecule has 0 spiro atoms. The van der Waals surface area contributed by atoms with E-state index in [1.165, 1.54) is 0 Å². The van der Waals surface area contributed by atoms with Crippen LogP contribution in [0, 0.1) is 0 Å². The first-order valence-electron chi connectivity index (χ1n) is 4.51. The van der Waals surface area contributed by atoms with Gasteiger partial charge in [-0.05, 0) is 17.7 Å². The van der Waals surface area contributed by atoms with Gasteiger partial charge in [0.1, 0.15) is 0 Å². The molecule has 1 aromatic heterocycles. The molecule has 1 aromatic carbocycles. The van der Waals surface area contributed by atoms with Gasteiger partial charge in [0.05, 0.1) is 17.7 Å². The van der Waals surface area contributed by atoms with E-state index >= 15 is 0 Å². The fourth-order valence-corrected chi connectivity index (χ4v) is 1.48. The number of aliphatic hydroxyl groups excluding tert-OH is 1. The largest absolute Gasteiger partial charge is 0.390 e. The van der Waals surface area contributed by atoms with Gasteiger partial charge >= 0.3 is 0 Å². The van der Waals surface area contributed by atoms with Crippen molar-refractivity contribution in [1.29, 1.82) is 0 Å². The number of benzene rings is 1. The minimum Gasteiger partial charge on any atom is -0.390 e. The normalized spacial score (nSPS) is 10.5. The van der Waals surface area contributed by atoms with Crippen molar-refractivity contribution in [2.45, 2.75) is 6.61 Å². The van der Waals surface area contributed by atoms with E-state index in [-0.39, 0.29) is 12.2 Å². The molecule has 0 radical (unpaired) electrons. The van der Waals surface area contributed by atoms with Crippen LogP contribution in [0.15, 0.2) is 29.6 Å². The molecule has 2 aromatic rings. The number of aliphatic hydroxyl groups is 1. The summed E-state index contributed by atoms with van der Waals surface area (Å²) in [6, 6.07) is 5.29. The van der Waals surface area contributed by atoms with Gasteiger partial charge in [0, 0.05) is 5.39 Å². The lowest BCUT2D eigenvalue weighted by Gasteiger charge is -2.02. The molecule has 4 nitrogen and oxygen atoms in total. The molecule has 2 N–H and O–H groups in total. The second kappa shape index (κ2) is 3.67. The van der Waals surface area contributed by atoms with Crippen LogP contribution in [0.5, 0.6) is 0 Å². The number of fused-ring (bicyclic) bond motifs is 1. The van der Waals surface area contributed by atoms with E-state index in [9.17, 15) is 4.79 Å². The van der Waals surface area contributed by atoms with Gasteiger partial charge < -0.3 is 5.11 Å². The van der Waals surface area contributed by atoms with Crippen molar-refractivity contribution < 1.29 is 5.11 Å². The van der Waals surface area contributed by atoms with E-state index in [1.54, 1.807) is 24.3 Å². The Balaban J connectivity index is 2.88. The van der Waals surface area contributed by atoms with E-state index < -0.39 is 0 Å². The predicted molar refractivity (Wildman–Crippen MR) is 58.4 cm³/mol. The van der Waals surface area contributed by atoms with E-state index in [2.05, 4.69) is 16.8 Å². The molecule has 4 heteroatoms. The van der Waals surface area contributed by atoms with Crippen molar-refractivity contribution in [3.63, 3.8) is 0 Å². The molecule has 0 aliphatic rings. The predicted octanol–water partition coefficient (Wildman–Crippen LogP) is 1.06. The summed E-state index contributed by atoms with van der Waals surface area (Å²) in [6.45, 7) is 3.45. The highest BCUT2D eigenvalue weighted by Gasteiger charge is 2.05. The Morgan fingerprint density at radius 1 is 1.47 bits per heavy atom. The molecule has 2 rings (SSSR count). The first-order chi connectivity index (χ1) is 7.26. The highest BCUT2D eigenvalue weighted by Crippen LogP contribution is 2.15. The second-order valence-electron chi connectivity index (χ2n) is 3.17. The molecule has 1 heterocycles. The molecule has 0 aliphatic heterocycles. The van der Waals surface area contributed by atoms with Crippen LogP contribution in [0.2, 0.25) is 0 Å². The average molecular weight is 202 g/mol. The third-order valence-corrected chi connectivity index (χ3v) is 2.28. The summed E-state index contributed by atoms with van der Waals surface area (Å²) in [7, 11) is 0. The number of hydrogen-bond acceptors (Lipinski definition) is 3. The van der Waals surface area contributed by atoms with Crippen molar-refractivity contribution >= 4 is 16.8 Å². The molecule has 0 saturated carbocycles. The Morgan fingerprint density at radius 3 is 2.93 bits per heavy atom. The number of nitrogens with zero attached hydrogens (tertiary/aromatic N) is 1. The van der Waals surface area contributed by atoms with Crippen molar-refractivity contribution in [1.82, 2.24) is 10.2 Å². The van der Waals surface area contributed by atoms with Crippen molar-refractivity contribution in [3.8, 4) is 0 Å². The minimum atomic E-state index is -0.252.